The fourth-order valence-electron chi connectivity index (χ4n) is 4.81. The van der Waals surface area contributed by atoms with E-state index >= 15 is 0 Å². The van der Waals surface area contributed by atoms with Crippen LogP contribution in [0.15, 0.2) is 34.7 Å². The van der Waals surface area contributed by atoms with Crippen LogP contribution in [-0.4, -0.2) is 61.0 Å². The molecule has 2 aliphatic heterocycles. The third kappa shape index (κ3) is 4.78. The molecule has 0 N–H and O–H groups in total. The lowest BCUT2D eigenvalue weighted by molar-refractivity contribution is -0.151. The molecule has 202 valence electrons. The highest BCUT2D eigenvalue weighted by Crippen LogP contribution is 2.38. The zero-order valence-corrected chi connectivity index (χ0v) is 22.3. The van der Waals surface area contributed by atoms with Gasteiger partial charge in [-0.3, -0.25) is 9.69 Å². The predicted octanol–water partition coefficient (Wildman–Crippen LogP) is 4.31. The van der Waals surface area contributed by atoms with Crippen LogP contribution in [0.1, 0.15) is 38.8 Å². The summed E-state index contributed by atoms with van der Waals surface area (Å²) in [7, 11) is 0.801. The average Bonchev–Trinajstić information content (AvgIpc) is 3.31. The number of carbonyl (C=O) groups excluding carboxylic acids is 1. The molecule has 2 aliphatic rings. The van der Waals surface area contributed by atoms with E-state index in [1.54, 1.807) is 6.07 Å². The molecule has 2 fully saturated rings. The van der Waals surface area contributed by atoms with Gasteiger partial charge in [0, 0.05) is 36.8 Å². The van der Waals surface area contributed by atoms with Crippen LogP contribution in [0.25, 0.3) is 22.6 Å². The largest absolute Gasteiger partial charge is 0.495 e. The van der Waals surface area contributed by atoms with Crippen LogP contribution in [0.2, 0.25) is 0 Å². The molecule has 0 bridgehead atoms. The molecule has 2 aromatic carbocycles. The van der Waals surface area contributed by atoms with Crippen LogP contribution in [-0.2, 0) is 25.4 Å². The van der Waals surface area contributed by atoms with Gasteiger partial charge in [0.2, 0.25) is 5.89 Å². The summed E-state index contributed by atoms with van der Waals surface area (Å²) >= 11 is 0. The van der Waals surface area contributed by atoms with Gasteiger partial charge < -0.3 is 23.2 Å². The first-order valence-electron chi connectivity index (χ1n) is 12.5. The Morgan fingerprint density at radius 2 is 1.87 bits per heavy atom. The van der Waals surface area contributed by atoms with E-state index in [2.05, 4.69) is 4.98 Å². The Hall–Kier alpha value is -3.02. The Balaban J connectivity index is 1.45. The number of rotatable bonds is 7. The molecule has 0 radical (unpaired) electrons. The molecule has 2 saturated heterocycles. The summed E-state index contributed by atoms with van der Waals surface area (Å²) < 4.78 is 54.5. The van der Waals surface area contributed by atoms with Crippen molar-refractivity contribution in [3.63, 3.8) is 0 Å². The van der Waals surface area contributed by atoms with Crippen molar-refractivity contribution in [2.24, 2.45) is 5.92 Å². The van der Waals surface area contributed by atoms with Gasteiger partial charge in [0.1, 0.15) is 11.3 Å². The molecule has 0 saturated carbocycles. The van der Waals surface area contributed by atoms with E-state index in [1.807, 2.05) is 57.7 Å². The van der Waals surface area contributed by atoms with Crippen LogP contribution in [0.5, 0.6) is 5.75 Å². The second-order valence-electron chi connectivity index (χ2n) is 10.8. The molecule has 11 heteroatoms. The minimum Gasteiger partial charge on any atom is -0.469 e. The topological polar surface area (TPSA) is 83.3 Å². The molecule has 3 heterocycles. The number of methoxy groups -OCH3 is 1. The quantitative estimate of drug-likeness (QED) is 0.332. The first-order chi connectivity index (χ1) is 17.9. The number of nitrogens with zero attached hydrogens (tertiary/aromatic N) is 2. The fourth-order valence-corrected chi connectivity index (χ4v) is 4.81. The van der Waals surface area contributed by atoms with Gasteiger partial charge in [-0.25, -0.2) is 4.98 Å². The maximum Gasteiger partial charge on any atom is 0.495 e. The second-order valence-corrected chi connectivity index (χ2v) is 10.8. The standard InChI is InChI=1S/C27H31BF2N2O6/c1-15-18(8-7-9-19(15)28-37-26(2,3)27(4,5)38-28)23-31-20-10-16(12-32-13-17(14-32)24(33)34-6)21(36-25(29)30)11-22(20)35-23/h7-11,17,25H,12-14H2,1-6H3. The number of hydrogen-bond donors (Lipinski definition) is 0. The van der Waals surface area contributed by atoms with Crippen molar-refractivity contribution in [2.45, 2.75) is 59.0 Å². The van der Waals surface area contributed by atoms with Gasteiger partial charge in [-0.05, 0) is 57.8 Å². The van der Waals surface area contributed by atoms with Crippen molar-refractivity contribution >= 4 is 29.7 Å². The van der Waals surface area contributed by atoms with Gasteiger partial charge in [-0.1, -0.05) is 12.1 Å². The van der Waals surface area contributed by atoms with Crippen LogP contribution in [0, 0.1) is 12.8 Å². The Bertz CT molecular complexity index is 1350. The number of likely N-dealkylation sites (tertiary alicyclic amines) is 1. The van der Waals surface area contributed by atoms with Crippen LogP contribution in [0.3, 0.4) is 0 Å². The Morgan fingerprint density at radius 1 is 1.18 bits per heavy atom. The molecule has 0 aliphatic carbocycles. The summed E-state index contributed by atoms with van der Waals surface area (Å²) in [6, 6.07) is 8.86. The van der Waals surface area contributed by atoms with Gasteiger partial charge in [-0.15, -0.1) is 0 Å². The normalized spacial score (nSPS) is 19.2. The molecule has 38 heavy (non-hydrogen) atoms. The lowest BCUT2D eigenvalue weighted by atomic mass is 9.75. The fraction of sp³-hybridized carbons (Fsp3) is 0.481. The number of alkyl halides is 2. The summed E-state index contributed by atoms with van der Waals surface area (Å²) in [5, 5.41) is 0. The number of benzene rings is 2. The number of carbonyl (C=O) groups is 1. The van der Waals surface area contributed by atoms with Crippen LogP contribution < -0.4 is 10.2 Å². The Kier molecular flexibility index (Phi) is 6.73. The molecule has 0 atom stereocenters. The Labute approximate surface area is 220 Å². The van der Waals surface area contributed by atoms with Crippen molar-refractivity contribution in [1.29, 1.82) is 0 Å². The smallest absolute Gasteiger partial charge is 0.469 e. The lowest BCUT2D eigenvalue weighted by Crippen LogP contribution is -2.50. The van der Waals surface area contributed by atoms with E-state index in [-0.39, 0.29) is 17.6 Å². The van der Waals surface area contributed by atoms with E-state index in [1.165, 1.54) is 13.2 Å². The highest BCUT2D eigenvalue weighted by atomic mass is 19.3. The number of halogens is 2. The first kappa shape index (κ1) is 26.6. The van der Waals surface area contributed by atoms with E-state index in [4.69, 9.17) is 23.2 Å². The molecule has 8 nitrogen and oxygen atoms in total. The zero-order chi connectivity index (χ0) is 27.4. The van der Waals surface area contributed by atoms with Crippen molar-refractivity contribution in [3.05, 3.63) is 41.5 Å². The monoisotopic (exact) mass is 528 g/mol. The van der Waals surface area contributed by atoms with Gasteiger partial charge in [0.25, 0.3) is 0 Å². The maximum absolute atomic E-state index is 13.2. The predicted molar refractivity (Wildman–Crippen MR) is 137 cm³/mol. The van der Waals surface area contributed by atoms with Crippen molar-refractivity contribution in [3.8, 4) is 17.2 Å². The molecular formula is C27H31BF2N2O6. The summed E-state index contributed by atoms with van der Waals surface area (Å²) in [5.74, 6) is -0.133. The van der Waals surface area contributed by atoms with E-state index in [9.17, 15) is 13.6 Å². The maximum atomic E-state index is 13.2. The molecule has 0 unspecified atom stereocenters. The van der Waals surface area contributed by atoms with Gasteiger partial charge >= 0.3 is 19.7 Å². The highest BCUT2D eigenvalue weighted by molar-refractivity contribution is 6.62. The third-order valence-electron chi connectivity index (χ3n) is 7.79. The first-order valence-corrected chi connectivity index (χ1v) is 12.5. The second kappa shape index (κ2) is 9.62. The SMILES string of the molecule is COC(=O)C1CN(Cc2cc3nc(-c4cccc(B5OC(C)(C)C(C)(C)O5)c4C)oc3cc2OC(F)F)C1. The number of aromatic nitrogens is 1. The molecule has 5 rings (SSSR count). The van der Waals surface area contributed by atoms with Crippen LogP contribution in [0.4, 0.5) is 8.78 Å². The third-order valence-corrected chi connectivity index (χ3v) is 7.79. The molecule has 0 amide bonds. The summed E-state index contributed by atoms with van der Waals surface area (Å²) in [6.45, 7) is 8.23. The summed E-state index contributed by atoms with van der Waals surface area (Å²) in [5.41, 5.74) is 2.90. The molecule has 3 aromatic rings. The number of fused-ring (bicyclic) bond motifs is 1. The van der Waals surface area contributed by atoms with E-state index < -0.39 is 24.9 Å². The molecular weight excluding hydrogens is 497 g/mol. The van der Waals surface area contributed by atoms with Crippen molar-refractivity contribution < 1.29 is 36.8 Å². The zero-order valence-electron chi connectivity index (χ0n) is 22.3. The van der Waals surface area contributed by atoms with E-state index in [0.717, 1.165) is 16.6 Å². The minimum atomic E-state index is -2.99. The lowest BCUT2D eigenvalue weighted by Gasteiger charge is -2.37. The van der Waals surface area contributed by atoms with Gasteiger partial charge in [-0.2, -0.15) is 8.78 Å². The molecule has 0 spiro atoms. The van der Waals surface area contributed by atoms with E-state index in [0.29, 0.717) is 42.2 Å². The van der Waals surface area contributed by atoms with Crippen molar-refractivity contribution in [1.82, 2.24) is 9.88 Å². The van der Waals surface area contributed by atoms with Gasteiger partial charge in [0.05, 0.1) is 24.2 Å². The summed E-state index contributed by atoms with van der Waals surface area (Å²) in [4.78, 5) is 18.3. The number of esters is 1. The summed E-state index contributed by atoms with van der Waals surface area (Å²) in [6.07, 6.45) is 0. The number of oxazole rings is 1. The minimum absolute atomic E-state index is 0.0133. The average molecular weight is 528 g/mol. The van der Waals surface area contributed by atoms with Crippen LogP contribution >= 0.6 is 0 Å². The number of ether oxygens (including phenoxy) is 2. The Morgan fingerprint density at radius 3 is 2.50 bits per heavy atom. The number of hydrogen-bond acceptors (Lipinski definition) is 8. The molecule has 1 aromatic heterocycles. The van der Waals surface area contributed by atoms with Crippen molar-refractivity contribution in [2.75, 3.05) is 20.2 Å². The van der Waals surface area contributed by atoms with Gasteiger partial charge in [0.15, 0.2) is 5.58 Å². The highest BCUT2D eigenvalue weighted by Gasteiger charge is 2.52.